The maximum Gasteiger partial charge on any atom is 0.127 e. The van der Waals surface area contributed by atoms with E-state index < -0.39 is 6.10 Å². The van der Waals surface area contributed by atoms with Crippen LogP contribution in [0, 0.1) is 5.82 Å². The summed E-state index contributed by atoms with van der Waals surface area (Å²) in [6, 6.07) is 6.56. The minimum Gasteiger partial charge on any atom is -0.394 e. The average molecular weight is 216 g/mol. The Labute approximate surface area is 86.8 Å². The van der Waals surface area contributed by atoms with Gasteiger partial charge in [-0.15, -0.1) is 0 Å². The molecule has 0 amide bonds. The number of thioether (sulfide) groups is 1. The zero-order chi connectivity index (χ0) is 10.4. The number of rotatable bonds is 5. The molecule has 0 saturated carbocycles. The van der Waals surface area contributed by atoms with Crippen LogP contribution in [0.3, 0.4) is 0 Å². The fourth-order valence-electron chi connectivity index (χ4n) is 0.973. The molecule has 0 aliphatic heterocycles. The van der Waals surface area contributed by atoms with Gasteiger partial charge in [-0.05, 0) is 11.6 Å². The number of benzene rings is 1. The Hall–Kier alpha value is -0.580. The van der Waals surface area contributed by atoms with Crippen LogP contribution in [0.2, 0.25) is 0 Å². The summed E-state index contributed by atoms with van der Waals surface area (Å²) in [6.45, 7) is -0.246. The van der Waals surface area contributed by atoms with Gasteiger partial charge in [0, 0.05) is 11.5 Å². The van der Waals surface area contributed by atoms with Crippen LogP contribution in [0.15, 0.2) is 24.3 Å². The fourth-order valence-corrected chi connectivity index (χ4v) is 1.92. The molecule has 0 aromatic heterocycles. The van der Waals surface area contributed by atoms with Crippen molar-refractivity contribution in [2.24, 2.45) is 0 Å². The van der Waals surface area contributed by atoms with E-state index in [0.717, 1.165) is 0 Å². The zero-order valence-corrected chi connectivity index (χ0v) is 8.51. The molecule has 1 aromatic rings. The molecule has 0 fully saturated rings. The van der Waals surface area contributed by atoms with Gasteiger partial charge in [0.25, 0.3) is 0 Å². The molecule has 4 heteroatoms. The molecular formula is C10H13FO2S. The minimum absolute atomic E-state index is 0.224. The van der Waals surface area contributed by atoms with E-state index in [9.17, 15) is 4.39 Å². The van der Waals surface area contributed by atoms with E-state index in [1.165, 1.54) is 17.8 Å². The highest BCUT2D eigenvalue weighted by Crippen LogP contribution is 2.15. The smallest absolute Gasteiger partial charge is 0.127 e. The number of aliphatic hydroxyl groups is 2. The SMILES string of the molecule is OC[C@@H](O)CSCc1ccccc1F. The van der Waals surface area contributed by atoms with Crippen LogP contribution in [0.1, 0.15) is 5.56 Å². The van der Waals surface area contributed by atoms with E-state index in [0.29, 0.717) is 17.1 Å². The predicted octanol–water partition coefficient (Wildman–Crippen LogP) is 1.41. The van der Waals surface area contributed by atoms with Crippen LogP contribution in [0.25, 0.3) is 0 Å². The molecule has 0 bridgehead atoms. The van der Waals surface area contributed by atoms with Gasteiger partial charge in [-0.25, -0.2) is 4.39 Å². The molecule has 0 aliphatic rings. The van der Waals surface area contributed by atoms with Crippen LogP contribution >= 0.6 is 11.8 Å². The van der Waals surface area contributed by atoms with Crippen LogP contribution in [0.4, 0.5) is 4.39 Å². The van der Waals surface area contributed by atoms with Crippen molar-refractivity contribution in [2.45, 2.75) is 11.9 Å². The largest absolute Gasteiger partial charge is 0.394 e. The maximum absolute atomic E-state index is 13.1. The van der Waals surface area contributed by atoms with Crippen molar-refractivity contribution in [3.8, 4) is 0 Å². The molecule has 1 atom stereocenters. The highest BCUT2D eigenvalue weighted by atomic mass is 32.2. The van der Waals surface area contributed by atoms with Gasteiger partial charge in [-0.3, -0.25) is 0 Å². The van der Waals surface area contributed by atoms with Crippen LogP contribution < -0.4 is 0 Å². The van der Waals surface area contributed by atoms with E-state index >= 15 is 0 Å². The summed E-state index contributed by atoms with van der Waals surface area (Å²) in [7, 11) is 0. The summed E-state index contributed by atoms with van der Waals surface area (Å²) in [6.07, 6.45) is -0.716. The molecular weight excluding hydrogens is 203 g/mol. The second-order valence-electron chi connectivity index (χ2n) is 2.94. The van der Waals surface area contributed by atoms with E-state index in [-0.39, 0.29) is 12.4 Å². The number of hydrogen-bond acceptors (Lipinski definition) is 3. The molecule has 2 N–H and O–H groups in total. The molecule has 0 aliphatic carbocycles. The van der Waals surface area contributed by atoms with Gasteiger partial charge in [-0.2, -0.15) is 11.8 Å². The van der Waals surface area contributed by atoms with Gasteiger partial charge >= 0.3 is 0 Å². The number of aliphatic hydroxyl groups excluding tert-OH is 2. The van der Waals surface area contributed by atoms with Crippen molar-refractivity contribution < 1.29 is 14.6 Å². The third-order valence-electron chi connectivity index (χ3n) is 1.74. The first-order valence-electron chi connectivity index (χ1n) is 4.34. The van der Waals surface area contributed by atoms with Gasteiger partial charge in [0.15, 0.2) is 0 Å². The Morgan fingerprint density at radius 2 is 2.07 bits per heavy atom. The van der Waals surface area contributed by atoms with Crippen LogP contribution in [-0.4, -0.2) is 28.7 Å². The zero-order valence-electron chi connectivity index (χ0n) is 7.69. The molecule has 0 heterocycles. The van der Waals surface area contributed by atoms with E-state index in [1.807, 2.05) is 0 Å². The summed E-state index contributed by atoms with van der Waals surface area (Å²) in [5, 5.41) is 17.6. The standard InChI is InChI=1S/C10H13FO2S/c11-10-4-2-1-3-8(10)6-14-7-9(13)5-12/h1-4,9,12-13H,5-7H2/t9-/m1/s1. The van der Waals surface area contributed by atoms with Crippen molar-refractivity contribution in [3.63, 3.8) is 0 Å². The molecule has 1 rings (SSSR count). The normalized spacial score (nSPS) is 12.8. The highest BCUT2D eigenvalue weighted by molar-refractivity contribution is 7.98. The Balaban J connectivity index is 2.35. The van der Waals surface area contributed by atoms with E-state index in [4.69, 9.17) is 10.2 Å². The monoisotopic (exact) mass is 216 g/mol. The lowest BCUT2D eigenvalue weighted by Crippen LogP contribution is -2.14. The lowest BCUT2D eigenvalue weighted by Gasteiger charge is -2.06. The molecule has 0 unspecified atom stereocenters. The van der Waals surface area contributed by atoms with Gasteiger partial charge in [-0.1, -0.05) is 18.2 Å². The van der Waals surface area contributed by atoms with E-state index in [2.05, 4.69) is 0 Å². The second-order valence-corrected chi connectivity index (χ2v) is 3.97. The number of hydrogen-bond donors (Lipinski definition) is 2. The first kappa shape index (κ1) is 11.5. The molecule has 1 aromatic carbocycles. The molecule has 2 nitrogen and oxygen atoms in total. The molecule has 0 spiro atoms. The lowest BCUT2D eigenvalue weighted by atomic mass is 10.2. The van der Waals surface area contributed by atoms with Crippen molar-refractivity contribution in [3.05, 3.63) is 35.6 Å². The third-order valence-corrected chi connectivity index (χ3v) is 2.87. The van der Waals surface area contributed by atoms with Crippen molar-refractivity contribution in [2.75, 3.05) is 12.4 Å². The second kappa shape index (κ2) is 6.01. The summed E-state index contributed by atoms with van der Waals surface area (Å²) in [5.41, 5.74) is 0.627. The van der Waals surface area contributed by atoms with Gasteiger partial charge in [0.1, 0.15) is 5.82 Å². The molecule has 0 saturated heterocycles. The minimum atomic E-state index is -0.716. The fraction of sp³-hybridized carbons (Fsp3) is 0.400. The van der Waals surface area contributed by atoms with Gasteiger partial charge in [0.05, 0.1) is 12.7 Å². The Bertz CT molecular complexity index is 281. The van der Waals surface area contributed by atoms with Crippen molar-refractivity contribution in [1.82, 2.24) is 0 Å². The summed E-state index contributed by atoms with van der Waals surface area (Å²) >= 11 is 1.40. The first-order valence-corrected chi connectivity index (χ1v) is 5.49. The summed E-state index contributed by atoms with van der Waals surface area (Å²) < 4.78 is 13.1. The Morgan fingerprint density at radius 1 is 1.36 bits per heavy atom. The molecule has 78 valence electrons. The molecule has 14 heavy (non-hydrogen) atoms. The Kier molecular flexibility index (Phi) is 4.93. The summed E-state index contributed by atoms with van der Waals surface area (Å²) in [5.74, 6) is 0.715. The Morgan fingerprint density at radius 3 is 2.71 bits per heavy atom. The molecule has 0 radical (unpaired) electrons. The van der Waals surface area contributed by atoms with Crippen molar-refractivity contribution in [1.29, 1.82) is 0 Å². The predicted molar refractivity (Wildman–Crippen MR) is 55.7 cm³/mol. The van der Waals surface area contributed by atoms with E-state index in [1.54, 1.807) is 18.2 Å². The quantitative estimate of drug-likeness (QED) is 0.782. The topological polar surface area (TPSA) is 40.5 Å². The lowest BCUT2D eigenvalue weighted by molar-refractivity contribution is 0.113. The first-order chi connectivity index (χ1) is 6.74. The summed E-state index contributed by atoms with van der Waals surface area (Å²) in [4.78, 5) is 0. The van der Waals surface area contributed by atoms with Gasteiger partial charge < -0.3 is 10.2 Å². The van der Waals surface area contributed by atoms with Crippen LogP contribution in [-0.2, 0) is 5.75 Å². The van der Waals surface area contributed by atoms with Crippen LogP contribution in [0.5, 0.6) is 0 Å². The van der Waals surface area contributed by atoms with Gasteiger partial charge in [0.2, 0.25) is 0 Å². The average Bonchev–Trinajstić information content (AvgIpc) is 2.20. The number of halogens is 1. The highest BCUT2D eigenvalue weighted by Gasteiger charge is 2.04. The van der Waals surface area contributed by atoms with Crippen molar-refractivity contribution >= 4 is 11.8 Å². The maximum atomic E-state index is 13.1. The third kappa shape index (κ3) is 3.65.